The van der Waals surface area contributed by atoms with Crippen molar-refractivity contribution >= 4 is 40.0 Å². The van der Waals surface area contributed by atoms with Gasteiger partial charge in [0.1, 0.15) is 0 Å². The molecule has 2 aliphatic heterocycles. The Bertz CT molecular complexity index is 619. The smallest absolute Gasteiger partial charge is 0.356 e. The van der Waals surface area contributed by atoms with E-state index in [0.717, 1.165) is 26.2 Å². The summed E-state index contributed by atoms with van der Waals surface area (Å²) in [5, 5.41) is 6.47. The Morgan fingerprint density at radius 2 is 1.72 bits per heavy atom. The van der Waals surface area contributed by atoms with E-state index in [9.17, 15) is 21.6 Å². The molecule has 0 spiro atoms. The molecule has 0 aromatic carbocycles. The third-order valence-electron chi connectivity index (χ3n) is 5.29. The highest BCUT2D eigenvalue weighted by atomic mass is 127. The van der Waals surface area contributed by atoms with Crippen molar-refractivity contribution in [3.63, 3.8) is 0 Å². The number of guanidine groups is 1. The summed E-state index contributed by atoms with van der Waals surface area (Å²) in [5.41, 5.74) is -5.24. The van der Waals surface area contributed by atoms with Gasteiger partial charge in [0.05, 0.1) is 0 Å². The minimum Gasteiger partial charge on any atom is -0.356 e. The zero-order chi connectivity index (χ0) is 20.8. The summed E-state index contributed by atoms with van der Waals surface area (Å²) in [5.74, 6) is 1.04. The van der Waals surface area contributed by atoms with Crippen molar-refractivity contribution in [3.05, 3.63) is 0 Å². The Balaban J connectivity index is 0.00000420. The number of rotatable bonds is 6. The Hall–Kier alpha value is -0.340. The molecule has 29 heavy (non-hydrogen) atoms. The molecule has 1 unspecified atom stereocenters. The number of alkyl halides is 3. The first-order valence-electron chi connectivity index (χ1n) is 9.89. The highest BCUT2D eigenvalue weighted by molar-refractivity contribution is 14.0. The molecule has 2 aliphatic rings. The molecule has 0 saturated carbocycles. The van der Waals surface area contributed by atoms with Crippen LogP contribution in [0.25, 0.3) is 0 Å². The molecule has 0 aliphatic carbocycles. The van der Waals surface area contributed by atoms with Crippen molar-refractivity contribution in [2.24, 2.45) is 10.9 Å². The number of nitrogens with one attached hydrogen (secondary N) is 2. The van der Waals surface area contributed by atoms with Gasteiger partial charge in [-0.15, -0.1) is 24.0 Å². The fourth-order valence-electron chi connectivity index (χ4n) is 3.69. The molecule has 2 saturated heterocycles. The van der Waals surface area contributed by atoms with Gasteiger partial charge in [0.25, 0.3) is 0 Å². The van der Waals surface area contributed by atoms with Crippen LogP contribution in [0, 0.1) is 5.92 Å². The highest BCUT2D eigenvalue weighted by Crippen LogP contribution is 2.28. The molecule has 1 atom stereocenters. The van der Waals surface area contributed by atoms with Crippen molar-refractivity contribution in [3.8, 4) is 0 Å². The number of halogens is 4. The van der Waals surface area contributed by atoms with Crippen molar-refractivity contribution in [2.75, 3.05) is 46.3 Å². The van der Waals surface area contributed by atoms with Gasteiger partial charge in [0.2, 0.25) is 0 Å². The fraction of sp³-hybridized carbons (Fsp3) is 0.941. The third kappa shape index (κ3) is 8.02. The van der Waals surface area contributed by atoms with Crippen LogP contribution >= 0.6 is 24.0 Å². The second kappa shape index (κ2) is 11.9. The number of hydrogen-bond donors (Lipinski definition) is 2. The molecule has 2 N–H and O–H groups in total. The minimum atomic E-state index is -5.24. The molecule has 0 amide bonds. The number of nitrogens with zero attached hydrogens (tertiary/aromatic N) is 3. The van der Waals surface area contributed by atoms with Crippen molar-refractivity contribution < 1.29 is 21.6 Å². The van der Waals surface area contributed by atoms with E-state index in [0.29, 0.717) is 29.0 Å². The summed E-state index contributed by atoms with van der Waals surface area (Å²) in [4.78, 5) is 6.65. The van der Waals surface area contributed by atoms with Gasteiger partial charge in [-0.3, -0.25) is 4.99 Å². The summed E-state index contributed by atoms with van der Waals surface area (Å²) in [6, 6.07) is -0.108. The maximum atomic E-state index is 12.6. The molecule has 2 heterocycles. The van der Waals surface area contributed by atoms with Gasteiger partial charge < -0.3 is 15.5 Å². The van der Waals surface area contributed by atoms with Gasteiger partial charge in [0.15, 0.2) is 5.96 Å². The monoisotopic (exact) mass is 555 g/mol. The average molecular weight is 555 g/mol. The predicted molar refractivity (Wildman–Crippen MR) is 119 cm³/mol. The maximum absolute atomic E-state index is 12.6. The van der Waals surface area contributed by atoms with E-state index >= 15 is 0 Å². The molecule has 2 fully saturated rings. The zero-order valence-corrected chi connectivity index (χ0v) is 20.2. The van der Waals surface area contributed by atoms with Crippen LogP contribution in [0.2, 0.25) is 0 Å². The molecule has 172 valence electrons. The van der Waals surface area contributed by atoms with E-state index in [4.69, 9.17) is 0 Å². The number of aliphatic imine (C=N–C) groups is 1. The number of piperidine rings is 2. The van der Waals surface area contributed by atoms with Gasteiger partial charge in [-0.1, -0.05) is 13.3 Å². The molecule has 2 rings (SSSR count). The third-order valence-corrected chi connectivity index (χ3v) is 6.92. The molecule has 0 bridgehead atoms. The standard InChI is InChI=1S/C17H32F3N5O2S.HI/c1-14(13-24-8-4-3-5-9-24)12-22-16(21-2)23-15-6-10-25(11-7-15)28(26,27)17(18,19)20;/h14-15H,3-13H2,1-2H3,(H2,21,22,23);1H. The van der Waals surface area contributed by atoms with Gasteiger partial charge in [0, 0.05) is 39.3 Å². The summed E-state index contributed by atoms with van der Waals surface area (Å²) < 4.78 is 61.4. The molecule has 7 nitrogen and oxygen atoms in total. The molecular weight excluding hydrogens is 522 g/mol. The van der Waals surface area contributed by atoms with Crippen LogP contribution in [0.1, 0.15) is 39.0 Å². The second-order valence-corrected chi connectivity index (χ2v) is 9.62. The Labute approximate surface area is 188 Å². The number of likely N-dealkylation sites (tertiary alicyclic amines) is 1. The normalized spacial score (nSPS) is 22.0. The quantitative estimate of drug-likeness (QED) is 0.299. The Morgan fingerprint density at radius 3 is 2.24 bits per heavy atom. The van der Waals surface area contributed by atoms with Crippen LogP contribution in [0.5, 0.6) is 0 Å². The van der Waals surface area contributed by atoms with Gasteiger partial charge in [-0.25, -0.2) is 8.42 Å². The molecule has 0 radical (unpaired) electrons. The van der Waals surface area contributed by atoms with Gasteiger partial charge >= 0.3 is 15.5 Å². The second-order valence-electron chi connectivity index (χ2n) is 7.69. The first-order valence-corrected chi connectivity index (χ1v) is 11.3. The van der Waals surface area contributed by atoms with Crippen LogP contribution in [0.4, 0.5) is 13.2 Å². The zero-order valence-electron chi connectivity index (χ0n) is 17.0. The Kier molecular flexibility index (Phi) is 10.9. The first-order chi connectivity index (χ1) is 13.1. The first kappa shape index (κ1) is 26.7. The topological polar surface area (TPSA) is 77.0 Å². The lowest BCUT2D eigenvalue weighted by molar-refractivity contribution is -0.0494. The lowest BCUT2D eigenvalue weighted by Crippen LogP contribution is -2.52. The summed E-state index contributed by atoms with van der Waals surface area (Å²) in [6.07, 6.45) is 4.43. The predicted octanol–water partition coefficient (Wildman–Crippen LogP) is 2.21. The van der Waals surface area contributed by atoms with Crippen LogP contribution in [0.15, 0.2) is 4.99 Å². The van der Waals surface area contributed by atoms with Crippen molar-refractivity contribution in [1.82, 2.24) is 19.8 Å². The van der Waals surface area contributed by atoms with Gasteiger partial charge in [-0.2, -0.15) is 17.5 Å². The highest BCUT2D eigenvalue weighted by Gasteiger charge is 2.50. The van der Waals surface area contributed by atoms with Crippen LogP contribution in [0.3, 0.4) is 0 Å². The van der Waals surface area contributed by atoms with E-state index in [2.05, 4.69) is 27.4 Å². The van der Waals surface area contributed by atoms with Crippen LogP contribution < -0.4 is 10.6 Å². The molecular formula is C17H33F3IN5O2S. The van der Waals surface area contributed by atoms with Crippen LogP contribution in [-0.2, 0) is 10.0 Å². The SMILES string of the molecule is CN=C(NCC(C)CN1CCCCC1)NC1CCN(S(=O)(=O)C(F)(F)F)CC1.I. The van der Waals surface area contributed by atoms with E-state index < -0.39 is 15.5 Å². The Morgan fingerprint density at radius 1 is 1.14 bits per heavy atom. The largest absolute Gasteiger partial charge is 0.511 e. The molecule has 0 aromatic heterocycles. The van der Waals surface area contributed by atoms with Gasteiger partial charge in [-0.05, 0) is 44.7 Å². The minimum absolute atomic E-state index is 0. The molecule has 0 aromatic rings. The lowest BCUT2D eigenvalue weighted by Gasteiger charge is -2.33. The summed E-state index contributed by atoms with van der Waals surface area (Å²) in [7, 11) is -3.59. The lowest BCUT2D eigenvalue weighted by atomic mass is 10.1. The van der Waals surface area contributed by atoms with E-state index in [-0.39, 0.29) is 43.1 Å². The maximum Gasteiger partial charge on any atom is 0.511 e. The van der Waals surface area contributed by atoms with Crippen molar-refractivity contribution in [1.29, 1.82) is 0 Å². The average Bonchev–Trinajstić information content (AvgIpc) is 2.65. The summed E-state index contributed by atoms with van der Waals surface area (Å²) in [6.45, 7) is 5.95. The number of hydrogen-bond acceptors (Lipinski definition) is 4. The van der Waals surface area contributed by atoms with E-state index in [1.807, 2.05) is 0 Å². The van der Waals surface area contributed by atoms with E-state index in [1.54, 1.807) is 7.05 Å². The fourth-order valence-corrected chi connectivity index (χ4v) is 4.68. The number of sulfonamides is 1. The van der Waals surface area contributed by atoms with Crippen molar-refractivity contribution in [2.45, 2.75) is 50.6 Å². The van der Waals surface area contributed by atoms with E-state index in [1.165, 1.54) is 19.3 Å². The molecule has 12 heteroatoms. The van der Waals surface area contributed by atoms with Crippen LogP contribution in [-0.4, -0.2) is 81.4 Å². The summed E-state index contributed by atoms with van der Waals surface area (Å²) >= 11 is 0.